The minimum absolute atomic E-state index is 0.0000729. The molecule has 1 aromatic carbocycles. The summed E-state index contributed by atoms with van der Waals surface area (Å²) >= 11 is 1.86. The van der Waals surface area contributed by atoms with Crippen LogP contribution in [0.25, 0.3) is 0 Å². The summed E-state index contributed by atoms with van der Waals surface area (Å²) < 4.78 is 30.4. The van der Waals surface area contributed by atoms with Gasteiger partial charge in [0.2, 0.25) is 0 Å². The Hall–Kier alpha value is -2.27. The molecule has 1 amide bonds. The predicted molar refractivity (Wildman–Crippen MR) is 111 cm³/mol. The third kappa shape index (κ3) is 3.53. The smallest absolute Gasteiger partial charge is 0.419 e. The van der Waals surface area contributed by atoms with E-state index in [1.807, 2.05) is 22.6 Å². The summed E-state index contributed by atoms with van der Waals surface area (Å²) in [5.74, 6) is -2.13. The Morgan fingerprint density at radius 3 is 2.53 bits per heavy atom. The zero-order chi connectivity index (χ0) is 21.8. The number of ether oxygens (including phenoxy) is 3. The van der Waals surface area contributed by atoms with Gasteiger partial charge in [0.15, 0.2) is 5.78 Å². The molecule has 0 fully saturated rings. The lowest BCUT2D eigenvalue weighted by atomic mass is 9.78. The van der Waals surface area contributed by atoms with Crippen molar-refractivity contribution in [3.63, 3.8) is 0 Å². The molecular weight excluding hydrogens is 508 g/mol. The van der Waals surface area contributed by atoms with Crippen LogP contribution in [0.3, 0.4) is 0 Å². The number of esters is 1. The highest BCUT2D eigenvalue weighted by Crippen LogP contribution is 2.46. The topological polar surface area (TPSA) is 82.1 Å². The predicted octanol–water partition coefficient (Wildman–Crippen LogP) is 3.43. The van der Waals surface area contributed by atoms with E-state index in [2.05, 4.69) is 0 Å². The molecule has 0 bridgehead atoms. The SMILES string of the molecule is CC(C)(C)OC(=O)N1C2=C(C(=O)COC2)[C@@H](c2ccc(F)c(I)c2)C2=C1COC2=O. The Kier molecular flexibility index (Phi) is 5.21. The molecule has 9 heteroatoms. The molecule has 0 saturated heterocycles. The van der Waals surface area contributed by atoms with Gasteiger partial charge in [0.05, 0.1) is 23.6 Å². The van der Waals surface area contributed by atoms with E-state index in [1.165, 1.54) is 17.0 Å². The summed E-state index contributed by atoms with van der Waals surface area (Å²) in [4.78, 5) is 39.8. The van der Waals surface area contributed by atoms with Gasteiger partial charge in [-0.25, -0.2) is 18.9 Å². The molecular formula is C21H19FINO6. The summed E-state index contributed by atoms with van der Waals surface area (Å²) in [5.41, 5.74) is 0.881. The molecule has 4 rings (SSSR count). The van der Waals surface area contributed by atoms with Crippen LogP contribution < -0.4 is 0 Å². The minimum atomic E-state index is -0.786. The van der Waals surface area contributed by atoms with E-state index in [1.54, 1.807) is 26.8 Å². The van der Waals surface area contributed by atoms with E-state index >= 15 is 0 Å². The van der Waals surface area contributed by atoms with E-state index in [0.29, 0.717) is 20.5 Å². The second kappa shape index (κ2) is 7.45. The van der Waals surface area contributed by atoms with Crippen molar-refractivity contribution in [2.24, 2.45) is 0 Å². The Labute approximate surface area is 186 Å². The van der Waals surface area contributed by atoms with Crippen LogP contribution in [0.1, 0.15) is 32.3 Å². The van der Waals surface area contributed by atoms with Gasteiger partial charge in [0.1, 0.15) is 24.6 Å². The number of halogens is 2. The fourth-order valence-electron chi connectivity index (χ4n) is 3.81. The first kappa shape index (κ1) is 21.0. The van der Waals surface area contributed by atoms with Crippen molar-refractivity contribution in [2.75, 3.05) is 19.8 Å². The lowest BCUT2D eigenvalue weighted by Crippen LogP contribution is -2.44. The molecule has 30 heavy (non-hydrogen) atoms. The van der Waals surface area contributed by atoms with Gasteiger partial charge in [0.25, 0.3) is 0 Å². The first-order chi connectivity index (χ1) is 14.1. The number of ketones is 1. The maximum Gasteiger partial charge on any atom is 0.419 e. The molecule has 0 radical (unpaired) electrons. The summed E-state index contributed by atoms with van der Waals surface area (Å²) in [5, 5.41) is 0. The maximum atomic E-state index is 13.9. The van der Waals surface area contributed by atoms with E-state index < -0.39 is 29.4 Å². The standard InChI is InChI=1S/C21H19FINO6/c1-21(2,3)30-20(27)24-13-7-28-9-15(25)17(13)16(18-14(24)8-29-19(18)26)10-4-5-11(22)12(23)6-10/h4-6,16H,7-9H2,1-3H3/t16-/m1/s1. The summed E-state index contributed by atoms with van der Waals surface area (Å²) in [6.07, 6.45) is -0.716. The van der Waals surface area contributed by atoms with E-state index in [9.17, 15) is 18.8 Å². The van der Waals surface area contributed by atoms with Crippen LogP contribution in [-0.2, 0) is 23.8 Å². The molecule has 0 aliphatic carbocycles. The van der Waals surface area contributed by atoms with Gasteiger partial charge in [-0.3, -0.25) is 4.79 Å². The van der Waals surface area contributed by atoms with Gasteiger partial charge in [-0.15, -0.1) is 0 Å². The Morgan fingerprint density at radius 2 is 1.87 bits per heavy atom. The third-order valence-electron chi connectivity index (χ3n) is 4.92. The van der Waals surface area contributed by atoms with Crippen LogP contribution in [0.5, 0.6) is 0 Å². The minimum Gasteiger partial charge on any atom is -0.456 e. The second-order valence-electron chi connectivity index (χ2n) is 8.14. The van der Waals surface area contributed by atoms with Crippen molar-refractivity contribution >= 4 is 40.4 Å². The number of hydrogen-bond donors (Lipinski definition) is 0. The van der Waals surface area contributed by atoms with Gasteiger partial charge in [0, 0.05) is 15.1 Å². The van der Waals surface area contributed by atoms with Gasteiger partial charge >= 0.3 is 12.1 Å². The van der Waals surface area contributed by atoms with Gasteiger partial charge in [-0.05, 0) is 61.1 Å². The van der Waals surface area contributed by atoms with E-state index in [4.69, 9.17) is 14.2 Å². The summed E-state index contributed by atoms with van der Waals surface area (Å²) in [6.45, 7) is 4.87. The molecule has 0 unspecified atom stereocenters. The molecule has 7 nitrogen and oxygen atoms in total. The zero-order valence-corrected chi connectivity index (χ0v) is 18.7. The lowest BCUT2D eigenvalue weighted by molar-refractivity contribution is -0.136. The lowest BCUT2D eigenvalue weighted by Gasteiger charge is -2.38. The molecule has 158 valence electrons. The van der Waals surface area contributed by atoms with Crippen LogP contribution in [0.4, 0.5) is 9.18 Å². The molecule has 1 aromatic rings. The van der Waals surface area contributed by atoms with Crippen molar-refractivity contribution in [1.82, 2.24) is 4.90 Å². The highest BCUT2D eigenvalue weighted by atomic mass is 127. The number of hydrogen-bond acceptors (Lipinski definition) is 6. The molecule has 0 saturated carbocycles. The first-order valence-corrected chi connectivity index (χ1v) is 10.4. The van der Waals surface area contributed by atoms with Crippen LogP contribution in [0.2, 0.25) is 0 Å². The molecule has 1 atom stereocenters. The molecule has 3 aliphatic rings. The first-order valence-electron chi connectivity index (χ1n) is 9.30. The number of amides is 1. The van der Waals surface area contributed by atoms with Crippen molar-refractivity contribution in [1.29, 1.82) is 0 Å². The van der Waals surface area contributed by atoms with Crippen LogP contribution in [-0.4, -0.2) is 48.2 Å². The monoisotopic (exact) mass is 527 g/mol. The number of carbonyl (C=O) groups is 3. The Bertz CT molecular complexity index is 1040. The highest BCUT2D eigenvalue weighted by Gasteiger charge is 2.48. The second-order valence-corrected chi connectivity index (χ2v) is 9.30. The Balaban J connectivity index is 1.92. The quantitative estimate of drug-likeness (QED) is 0.412. The fraction of sp³-hybridized carbons (Fsp3) is 0.381. The van der Waals surface area contributed by atoms with Gasteiger partial charge in [-0.2, -0.15) is 0 Å². The number of carbonyl (C=O) groups excluding carboxylic acids is 3. The number of Topliss-reactive ketones (excluding diaryl/α,β-unsaturated/α-hetero) is 1. The Morgan fingerprint density at radius 1 is 1.17 bits per heavy atom. The highest BCUT2D eigenvalue weighted by molar-refractivity contribution is 14.1. The van der Waals surface area contributed by atoms with Gasteiger partial charge < -0.3 is 14.2 Å². The molecule has 3 aliphatic heterocycles. The van der Waals surface area contributed by atoms with Crippen LogP contribution in [0.15, 0.2) is 40.7 Å². The third-order valence-corrected chi connectivity index (χ3v) is 5.75. The average molecular weight is 527 g/mol. The van der Waals surface area contributed by atoms with Crippen molar-refractivity contribution in [3.8, 4) is 0 Å². The normalized spacial score (nSPS) is 21.5. The number of rotatable bonds is 1. The van der Waals surface area contributed by atoms with E-state index in [0.717, 1.165) is 0 Å². The van der Waals surface area contributed by atoms with Crippen LogP contribution in [0, 0.1) is 9.39 Å². The summed E-state index contributed by atoms with van der Waals surface area (Å²) in [6, 6.07) is 4.42. The number of benzene rings is 1. The average Bonchev–Trinajstić information content (AvgIpc) is 3.02. The van der Waals surface area contributed by atoms with Gasteiger partial charge in [-0.1, -0.05) is 6.07 Å². The summed E-state index contributed by atoms with van der Waals surface area (Å²) in [7, 11) is 0. The van der Waals surface area contributed by atoms with Crippen LogP contribution >= 0.6 is 22.6 Å². The molecule has 0 N–H and O–H groups in total. The van der Waals surface area contributed by atoms with E-state index in [-0.39, 0.29) is 36.8 Å². The molecule has 0 spiro atoms. The largest absolute Gasteiger partial charge is 0.456 e. The number of nitrogens with zero attached hydrogens (tertiary/aromatic N) is 1. The number of cyclic esters (lactones) is 1. The molecule has 3 heterocycles. The van der Waals surface area contributed by atoms with Crippen molar-refractivity contribution in [3.05, 3.63) is 55.7 Å². The van der Waals surface area contributed by atoms with Crippen molar-refractivity contribution in [2.45, 2.75) is 32.3 Å². The van der Waals surface area contributed by atoms with Crippen molar-refractivity contribution < 1.29 is 33.0 Å². The molecule has 0 aromatic heterocycles. The zero-order valence-electron chi connectivity index (χ0n) is 16.6. The fourth-order valence-corrected chi connectivity index (χ4v) is 4.35. The maximum absolute atomic E-state index is 13.9.